The molecule has 3 N–H and O–H groups in total. The zero-order valence-corrected chi connectivity index (χ0v) is 12.3. The first-order valence-corrected chi connectivity index (χ1v) is 7.60. The Morgan fingerprint density at radius 3 is 2.76 bits per heavy atom. The highest BCUT2D eigenvalue weighted by Crippen LogP contribution is 2.34. The third kappa shape index (κ3) is 3.86. The molecule has 1 aromatic carbocycles. The number of benzene rings is 1. The molecule has 1 amide bonds. The zero-order valence-electron chi connectivity index (χ0n) is 11.5. The molecule has 6 heteroatoms. The number of amides is 1. The Bertz CT molecular complexity index is 573. The van der Waals surface area contributed by atoms with Gasteiger partial charge in [0.1, 0.15) is 6.04 Å². The summed E-state index contributed by atoms with van der Waals surface area (Å²) >= 11 is 1.32. The first-order chi connectivity index (χ1) is 9.99. The zero-order chi connectivity index (χ0) is 15.4. The van der Waals surface area contributed by atoms with Crippen molar-refractivity contribution >= 4 is 29.7 Å². The summed E-state index contributed by atoms with van der Waals surface area (Å²) in [6, 6.07) is 6.60. The van der Waals surface area contributed by atoms with Crippen molar-refractivity contribution in [2.24, 2.45) is 0 Å². The van der Waals surface area contributed by atoms with Crippen LogP contribution in [0.5, 0.6) is 0 Å². The Kier molecular flexibility index (Phi) is 5.03. The Hall–Kier alpha value is -1.79. The number of fused-ring (bicyclic) bond motifs is 1. The molecule has 1 aromatic rings. The van der Waals surface area contributed by atoms with E-state index in [4.69, 9.17) is 5.11 Å². The van der Waals surface area contributed by atoms with Crippen molar-refractivity contribution in [3.05, 3.63) is 41.5 Å². The molecule has 0 saturated heterocycles. The number of thioether (sulfide) groups is 1. The molecule has 0 spiro atoms. The quantitative estimate of drug-likeness (QED) is 0.766. The second-order valence-corrected chi connectivity index (χ2v) is 6.03. The highest BCUT2D eigenvalue weighted by Gasteiger charge is 2.27. The number of aliphatic hydroxyl groups is 1. The number of nitrogens with one attached hydrogen (secondary N) is 1. The van der Waals surface area contributed by atoms with Gasteiger partial charge >= 0.3 is 5.97 Å². The van der Waals surface area contributed by atoms with E-state index in [1.165, 1.54) is 18.7 Å². The predicted molar refractivity (Wildman–Crippen MR) is 81.9 cm³/mol. The predicted octanol–water partition coefficient (Wildman–Crippen LogP) is 1.44. The first kappa shape index (κ1) is 15.6. The summed E-state index contributed by atoms with van der Waals surface area (Å²) in [4.78, 5) is 22.1. The van der Waals surface area contributed by atoms with E-state index in [1.807, 2.05) is 36.4 Å². The molecule has 2 unspecified atom stereocenters. The smallest absolute Gasteiger partial charge is 0.327 e. The molecule has 0 heterocycles. The molecule has 1 aliphatic carbocycles. The van der Waals surface area contributed by atoms with E-state index < -0.39 is 18.1 Å². The van der Waals surface area contributed by atoms with E-state index in [2.05, 4.69) is 5.32 Å². The van der Waals surface area contributed by atoms with E-state index in [-0.39, 0.29) is 16.9 Å². The van der Waals surface area contributed by atoms with Gasteiger partial charge in [-0.25, -0.2) is 4.79 Å². The maximum absolute atomic E-state index is 11.1. The number of carbonyl (C=O) groups is 2. The summed E-state index contributed by atoms with van der Waals surface area (Å²) in [5, 5.41) is 21.6. The monoisotopic (exact) mass is 307 g/mol. The Morgan fingerprint density at radius 2 is 2.10 bits per heavy atom. The van der Waals surface area contributed by atoms with Gasteiger partial charge in [0.05, 0.1) is 11.4 Å². The molecule has 0 fully saturated rings. The topological polar surface area (TPSA) is 86.6 Å². The van der Waals surface area contributed by atoms with Crippen LogP contribution in [0.1, 0.15) is 24.2 Å². The number of hydrogen-bond donors (Lipinski definition) is 3. The van der Waals surface area contributed by atoms with Crippen molar-refractivity contribution in [2.75, 3.05) is 5.75 Å². The molecule has 0 aromatic heterocycles. The van der Waals surface area contributed by atoms with Gasteiger partial charge in [0.25, 0.3) is 0 Å². The van der Waals surface area contributed by atoms with Crippen LogP contribution in [0.15, 0.2) is 30.3 Å². The fourth-order valence-corrected chi connectivity index (χ4v) is 3.35. The lowest BCUT2D eigenvalue weighted by Gasteiger charge is -2.26. The highest BCUT2D eigenvalue weighted by atomic mass is 32.2. The van der Waals surface area contributed by atoms with Gasteiger partial charge in [-0.15, -0.1) is 11.8 Å². The summed E-state index contributed by atoms with van der Waals surface area (Å²) in [6.07, 6.45) is 3.11. The van der Waals surface area contributed by atoms with E-state index in [0.29, 0.717) is 0 Å². The Balaban J connectivity index is 2.01. The number of aliphatic hydroxyl groups excluding tert-OH is 1. The molecule has 3 atom stereocenters. The lowest BCUT2D eigenvalue weighted by Crippen LogP contribution is -2.42. The molecule has 0 saturated carbocycles. The van der Waals surface area contributed by atoms with Crippen LogP contribution in [0.4, 0.5) is 0 Å². The molecule has 21 heavy (non-hydrogen) atoms. The second kappa shape index (κ2) is 6.78. The van der Waals surface area contributed by atoms with E-state index in [9.17, 15) is 14.7 Å². The third-order valence-corrected chi connectivity index (χ3v) is 4.55. The number of hydrogen-bond acceptors (Lipinski definition) is 4. The Labute approximate surface area is 127 Å². The minimum atomic E-state index is -1.08. The average molecular weight is 307 g/mol. The number of aliphatic carboxylic acids is 1. The van der Waals surface area contributed by atoms with Gasteiger partial charge in [0.2, 0.25) is 5.91 Å². The number of carboxylic acid groups (broad SMARTS) is 1. The highest BCUT2D eigenvalue weighted by molar-refractivity contribution is 8.00. The van der Waals surface area contributed by atoms with Crippen LogP contribution in [0.2, 0.25) is 0 Å². The van der Waals surface area contributed by atoms with Gasteiger partial charge in [-0.1, -0.05) is 36.4 Å². The van der Waals surface area contributed by atoms with Crippen LogP contribution in [0.3, 0.4) is 0 Å². The summed E-state index contributed by atoms with van der Waals surface area (Å²) < 4.78 is 0. The lowest BCUT2D eigenvalue weighted by molar-refractivity contribution is -0.140. The van der Waals surface area contributed by atoms with Crippen molar-refractivity contribution in [3.63, 3.8) is 0 Å². The Morgan fingerprint density at radius 1 is 1.38 bits per heavy atom. The van der Waals surface area contributed by atoms with E-state index >= 15 is 0 Å². The standard InChI is InChI=1S/C15H17NO4S/c1-9(17)16-12(15(19)20)8-21-13-7-6-10-4-2-3-5-11(10)14(13)18/h2-7,12-14,18H,8H2,1H3,(H,16,17)(H,19,20)/t12-,13?,14?/m0/s1. The van der Waals surface area contributed by atoms with Gasteiger partial charge in [0, 0.05) is 12.7 Å². The third-order valence-electron chi connectivity index (χ3n) is 3.22. The number of rotatable bonds is 5. The molecule has 5 nitrogen and oxygen atoms in total. The van der Waals surface area contributed by atoms with Gasteiger partial charge < -0.3 is 15.5 Å². The van der Waals surface area contributed by atoms with Crippen molar-refractivity contribution in [1.29, 1.82) is 0 Å². The maximum atomic E-state index is 11.1. The van der Waals surface area contributed by atoms with Crippen molar-refractivity contribution in [2.45, 2.75) is 24.3 Å². The molecule has 112 valence electrons. The SMILES string of the molecule is CC(=O)N[C@@H](CSC1C=Cc2ccccc2C1O)C(=O)O. The average Bonchev–Trinajstić information content (AvgIpc) is 2.45. The molecule has 0 radical (unpaired) electrons. The minimum Gasteiger partial charge on any atom is -0.480 e. The van der Waals surface area contributed by atoms with Gasteiger partial charge in [-0.3, -0.25) is 4.79 Å². The van der Waals surface area contributed by atoms with Crippen LogP contribution in [-0.4, -0.2) is 39.1 Å². The molecular weight excluding hydrogens is 290 g/mol. The minimum absolute atomic E-state index is 0.198. The van der Waals surface area contributed by atoms with Crippen LogP contribution < -0.4 is 5.32 Å². The van der Waals surface area contributed by atoms with Gasteiger partial charge in [-0.2, -0.15) is 0 Å². The number of carbonyl (C=O) groups excluding carboxylic acids is 1. The normalized spacial score (nSPS) is 21.4. The molecular formula is C15H17NO4S. The van der Waals surface area contributed by atoms with Gasteiger partial charge in [-0.05, 0) is 11.1 Å². The van der Waals surface area contributed by atoms with Crippen LogP contribution >= 0.6 is 11.8 Å². The summed E-state index contributed by atoms with van der Waals surface area (Å²) in [7, 11) is 0. The van der Waals surface area contributed by atoms with E-state index in [0.717, 1.165) is 11.1 Å². The lowest BCUT2D eigenvalue weighted by atomic mass is 9.95. The summed E-state index contributed by atoms with van der Waals surface area (Å²) in [5.74, 6) is -1.26. The van der Waals surface area contributed by atoms with Crippen molar-refractivity contribution in [1.82, 2.24) is 5.32 Å². The summed E-state index contributed by atoms with van der Waals surface area (Å²) in [5.41, 5.74) is 1.81. The largest absolute Gasteiger partial charge is 0.480 e. The van der Waals surface area contributed by atoms with Crippen molar-refractivity contribution in [3.8, 4) is 0 Å². The van der Waals surface area contributed by atoms with Crippen LogP contribution in [0.25, 0.3) is 6.08 Å². The first-order valence-electron chi connectivity index (χ1n) is 6.55. The summed E-state index contributed by atoms with van der Waals surface area (Å²) in [6.45, 7) is 1.28. The molecule has 0 aliphatic heterocycles. The van der Waals surface area contributed by atoms with Gasteiger partial charge in [0.15, 0.2) is 0 Å². The van der Waals surface area contributed by atoms with Crippen LogP contribution in [-0.2, 0) is 9.59 Å². The second-order valence-electron chi connectivity index (χ2n) is 4.82. The molecule has 1 aliphatic rings. The van der Waals surface area contributed by atoms with Crippen LogP contribution in [0, 0.1) is 0 Å². The number of carboxylic acids is 1. The fourth-order valence-electron chi connectivity index (χ4n) is 2.19. The van der Waals surface area contributed by atoms with Crippen molar-refractivity contribution < 1.29 is 19.8 Å². The fraction of sp³-hybridized carbons (Fsp3) is 0.333. The molecule has 0 bridgehead atoms. The maximum Gasteiger partial charge on any atom is 0.327 e. The van der Waals surface area contributed by atoms with E-state index in [1.54, 1.807) is 0 Å². The molecule has 2 rings (SSSR count).